The highest BCUT2D eigenvalue weighted by atomic mass is 16.4. The highest BCUT2D eigenvalue weighted by Gasteiger charge is 2.70. The molecule has 1 saturated carbocycles. The molecule has 12 heteroatoms. The van der Waals surface area contributed by atoms with Gasteiger partial charge in [0.05, 0.1) is 40.7 Å². The van der Waals surface area contributed by atoms with E-state index in [2.05, 4.69) is 0 Å². The molecule has 34 heavy (non-hydrogen) atoms. The van der Waals surface area contributed by atoms with Crippen LogP contribution in [0.15, 0.2) is 35.1 Å². The number of hydrogen-bond acceptors (Lipinski definition) is 10. The highest BCUT2D eigenvalue weighted by molar-refractivity contribution is 6.24. The van der Waals surface area contributed by atoms with Crippen molar-refractivity contribution < 1.29 is 50.5 Å². The van der Waals surface area contributed by atoms with Gasteiger partial charge in [0.1, 0.15) is 22.8 Å². The maximum Gasteiger partial charge on any atom is 0.255 e. The lowest BCUT2D eigenvalue weighted by molar-refractivity contribution is -0.181. The maximum atomic E-state index is 13.7. The van der Waals surface area contributed by atoms with E-state index in [9.17, 15) is 45.0 Å². The second-order valence-corrected chi connectivity index (χ2v) is 9.06. The van der Waals surface area contributed by atoms with Gasteiger partial charge in [-0.25, -0.2) is 0 Å². The van der Waals surface area contributed by atoms with Crippen LogP contribution < -0.4 is 5.73 Å². The Labute approximate surface area is 193 Å². The number of primary amides is 1. The Morgan fingerprint density at radius 2 is 1.71 bits per heavy atom. The number of hydrogen-bond donors (Lipinski definition) is 7. The number of nitrogens with two attached hydrogens (primary N) is 1. The number of aliphatic hydroxyl groups excluding tert-OH is 3. The fourth-order valence-electron chi connectivity index (χ4n) is 5.60. The molecule has 1 aromatic carbocycles. The van der Waals surface area contributed by atoms with Crippen LogP contribution >= 0.6 is 0 Å². The number of benzene rings is 1. The van der Waals surface area contributed by atoms with E-state index in [1.54, 1.807) is 0 Å². The lowest BCUT2D eigenvalue weighted by Crippen LogP contribution is -2.71. The molecule has 6 atom stereocenters. The van der Waals surface area contributed by atoms with Crippen LogP contribution in [0.4, 0.5) is 0 Å². The van der Waals surface area contributed by atoms with Crippen molar-refractivity contribution in [3.63, 3.8) is 0 Å². The number of carbonyl (C=O) groups excluding carboxylic acids is 3. The van der Waals surface area contributed by atoms with Crippen molar-refractivity contribution in [3.05, 3.63) is 46.2 Å². The van der Waals surface area contributed by atoms with Gasteiger partial charge in [0.15, 0.2) is 11.4 Å². The van der Waals surface area contributed by atoms with E-state index in [1.807, 2.05) is 0 Å². The van der Waals surface area contributed by atoms with Crippen LogP contribution in [0.3, 0.4) is 0 Å². The zero-order valence-electron chi connectivity index (χ0n) is 18.5. The standard InChI is InChI=1S/C22H24N2O9.H2O/c1-21(32)7-5-4-6-8(25)9(7)15(26)10-12(21)17(28)13-14(24(2)3)16(27)11(20(23)31)19(30)22(13,33)18(10)29;/h4-6,12-14,17,25-26,28,30,32-33H,1-3H3,(H2,23,31);1H2/t12?,13?,14?,17?,21-,22+;/m1./s1. The quantitative estimate of drug-likeness (QED) is 0.226. The van der Waals surface area contributed by atoms with Crippen molar-refractivity contribution in [3.8, 4) is 5.75 Å². The first-order valence-electron chi connectivity index (χ1n) is 10.1. The third kappa shape index (κ3) is 2.80. The molecule has 0 spiro atoms. The zero-order valence-corrected chi connectivity index (χ0v) is 18.5. The molecule has 0 heterocycles. The summed E-state index contributed by atoms with van der Waals surface area (Å²) in [5.74, 6) is -9.67. The molecule has 4 unspecified atom stereocenters. The number of phenolic OH excluding ortho intramolecular Hbond substituents is 1. The summed E-state index contributed by atoms with van der Waals surface area (Å²) in [6.07, 6.45) is -1.87. The van der Waals surface area contributed by atoms with Crippen molar-refractivity contribution in [2.75, 3.05) is 14.1 Å². The van der Waals surface area contributed by atoms with E-state index in [-0.39, 0.29) is 16.6 Å². The first kappa shape index (κ1) is 25.3. The van der Waals surface area contributed by atoms with Gasteiger partial charge in [-0.05, 0) is 32.6 Å². The Hall–Kier alpha value is -3.29. The Balaban J connectivity index is 0.00000324. The summed E-state index contributed by atoms with van der Waals surface area (Å²) in [7, 11) is 2.80. The predicted octanol–water partition coefficient (Wildman–Crippen LogP) is -2.22. The smallest absolute Gasteiger partial charge is 0.255 e. The molecule has 12 nitrogen and oxygen atoms in total. The molecule has 1 fully saturated rings. The van der Waals surface area contributed by atoms with Crippen molar-refractivity contribution in [2.24, 2.45) is 17.6 Å². The summed E-state index contributed by atoms with van der Waals surface area (Å²) in [4.78, 5) is 39.9. The number of Topliss-reactive ketones (excluding diaryl/α,β-unsaturated/α-hetero) is 2. The Bertz CT molecular complexity index is 1180. The van der Waals surface area contributed by atoms with E-state index in [4.69, 9.17) is 5.73 Å². The van der Waals surface area contributed by atoms with Gasteiger partial charge in [-0.1, -0.05) is 12.1 Å². The average molecular weight is 478 g/mol. The van der Waals surface area contributed by atoms with Gasteiger partial charge in [0, 0.05) is 0 Å². The summed E-state index contributed by atoms with van der Waals surface area (Å²) in [6.45, 7) is 1.25. The van der Waals surface area contributed by atoms with E-state index < -0.39 is 81.1 Å². The van der Waals surface area contributed by atoms with Crippen molar-refractivity contribution in [2.45, 2.75) is 30.3 Å². The number of aliphatic hydroxyl groups is 5. The highest BCUT2D eigenvalue weighted by Crippen LogP contribution is 2.57. The third-order valence-corrected chi connectivity index (χ3v) is 7.03. The monoisotopic (exact) mass is 478 g/mol. The first-order valence-corrected chi connectivity index (χ1v) is 10.1. The number of likely N-dealkylation sites (N-methyl/N-ethyl adjacent to an activating group) is 1. The molecule has 184 valence electrons. The molecule has 0 radical (unpaired) electrons. The molecule has 0 saturated heterocycles. The van der Waals surface area contributed by atoms with Gasteiger partial charge in [-0.3, -0.25) is 19.3 Å². The summed E-state index contributed by atoms with van der Waals surface area (Å²) in [6, 6.07) is 2.50. The average Bonchev–Trinajstić information content (AvgIpc) is 2.70. The normalized spacial score (nSPS) is 34.9. The van der Waals surface area contributed by atoms with E-state index in [0.29, 0.717) is 0 Å². The van der Waals surface area contributed by atoms with Gasteiger partial charge in [0.25, 0.3) is 5.91 Å². The number of nitrogens with zero attached hydrogens (tertiary/aromatic N) is 1. The van der Waals surface area contributed by atoms with Gasteiger partial charge >= 0.3 is 0 Å². The van der Waals surface area contributed by atoms with Crippen LogP contribution in [0.2, 0.25) is 0 Å². The molecule has 3 aliphatic rings. The van der Waals surface area contributed by atoms with Gasteiger partial charge < -0.3 is 41.8 Å². The molecule has 1 amide bonds. The lowest BCUT2D eigenvalue weighted by atomic mass is 9.53. The van der Waals surface area contributed by atoms with Gasteiger partial charge in [0.2, 0.25) is 5.78 Å². The SMILES string of the molecule is CN(C)C1C(=O)C(C(N)=O)=C(O)[C@@]2(O)C(=O)C3=C(O)c4c(O)cccc4[C@@](C)(O)C3C(O)C12.O. The largest absolute Gasteiger partial charge is 0.508 e. The van der Waals surface area contributed by atoms with Crippen molar-refractivity contribution >= 4 is 23.2 Å². The number of phenols is 1. The summed E-state index contributed by atoms with van der Waals surface area (Å²) in [5, 5.41) is 66.3. The number of amides is 1. The Kier molecular flexibility index (Phi) is 5.67. The summed E-state index contributed by atoms with van der Waals surface area (Å²) >= 11 is 0. The van der Waals surface area contributed by atoms with E-state index >= 15 is 0 Å². The minimum absolute atomic E-state index is 0. The molecule has 0 aliphatic heterocycles. The number of ketones is 2. The van der Waals surface area contributed by atoms with Crippen LogP contribution in [0.25, 0.3) is 5.76 Å². The van der Waals surface area contributed by atoms with Crippen molar-refractivity contribution in [1.82, 2.24) is 4.90 Å². The first-order chi connectivity index (χ1) is 15.2. The summed E-state index contributed by atoms with van der Waals surface area (Å²) < 4.78 is 0. The number of aromatic hydroxyl groups is 1. The lowest BCUT2D eigenvalue weighted by Gasteiger charge is -2.55. The second-order valence-electron chi connectivity index (χ2n) is 9.06. The number of rotatable bonds is 2. The van der Waals surface area contributed by atoms with Gasteiger partial charge in [-0.15, -0.1) is 0 Å². The summed E-state index contributed by atoms with van der Waals surface area (Å²) in [5.41, 5.74) is -1.78. The molecule has 0 aromatic heterocycles. The topological polar surface area (TPSA) is 233 Å². The van der Waals surface area contributed by atoms with Crippen LogP contribution in [0, 0.1) is 11.8 Å². The fraction of sp³-hybridized carbons (Fsp3) is 0.409. The minimum atomic E-state index is -3.02. The molecule has 3 aliphatic carbocycles. The maximum absolute atomic E-state index is 13.7. The third-order valence-electron chi connectivity index (χ3n) is 7.03. The Morgan fingerprint density at radius 3 is 2.24 bits per heavy atom. The molecule has 0 bridgehead atoms. The van der Waals surface area contributed by atoms with Crippen LogP contribution in [-0.4, -0.2) is 90.3 Å². The van der Waals surface area contributed by atoms with E-state index in [1.165, 1.54) is 44.1 Å². The molecular formula is C22H26N2O10. The molecular weight excluding hydrogens is 452 g/mol. The minimum Gasteiger partial charge on any atom is -0.508 e. The molecule has 10 N–H and O–H groups in total. The van der Waals surface area contributed by atoms with Gasteiger partial charge in [-0.2, -0.15) is 0 Å². The predicted molar refractivity (Wildman–Crippen MR) is 115 cm³/mol. The Morgan fingerprint density at radius 1 is 1.12 bits per heavy atom. The second kappa shape index (κ2) is 7.61. The number of carbonyl (C=O) groups is 3. The fourth-order valence-corrected chi connectivity index (χ4v) is 5.60. The van der Waals surface area contributed by atoms with E-state index in [0.717, 1.165) is 0 Å². The molecule has 1 aromatic rings. The van der Waals surface area contributed by atoms with Crippen molar-refractivity contribution in [1.29, 1.82) is 0 Å². The zero-order chi connectivity index (χ0) is 24.8. The van der Waals surface area contributed by atoms with Crippen LogP contribution in [0.5, 0.6) is 5.75 Å². The molecule has 4 rings (SSSR count). The van der Waals surface area contributed by atoms with Crippen LogP contribution in [0.1, 0.15) is 18.1 Å². The van der Waals surface area contributed by atoms with Crippen LogP contribution in [-0.2, 0) is 20.0 Å². The number of fused-ring (bicyclic) bond motifs is 3.